The lowest BCUT2D eigenvalue weighted by Gasteiger charge is -2.17. The Balaban J connectivity index is 1.65. The highest BCUT2D eigenvalue weighted by Crippen LogP contribution is 2.23. The van der Waals surface area contributed by atoms with Crippen LogP contribution in [0.4, 0.5) is 11.4 Å². The van der Waals surface area contributed by atoms with E-state index in [1.807, 2.05) is 6.92 Å². The smallest absolute Gasteiger partial charge is 0.265 e. The predicted octanol–water partition coefficient (Wildman–Crippen LogP) is 4.75. The van der Waals surface area contributed by atoms with Crippen LogP contribution in [0.25, 0.3) is 0 Å². The van der Waals surface area contributed by atoms with Crippen molar-refractivity contribution in [3.05, 3.63) is 78.4 Å². The summed E-state index contributed by atoms with van der Waals surface area (Å²) >= 11 is 0. The van der Waals surface area contributed by atoms with Gasteiger partial charge in [0, 0.05) is 11.4 Å². The van der Waals surface area contributed by atoms with Gasteiger partial charge in [0.05, 0.1) is 19.3 Å². The van der Waals surface area contributed by atoms with Gasteiger partial charge < -0.3 is 24.8 Å². The molecule has 0 aromatic heterocycles. The first-order valence-electron chi connectivity index (χ1n) is 10.2. The number of rotatable bonds is 9. The summed E-state index contributed by atoms with van der Waals surface area (Å²) in [4.78, 5) is 25.4. The molecule has 0 spiro atoms. The van der Waals surface area contributed by atoms with Gasteiger partial charge in [-0.25, -0.2) is 0 Å². The maximum absolute atomic E-state index is 12.8. The third kappa shape index (κ3) is 6.01. The van der Waals surface area contributed by atoms with Crippen LogP contribution >= 0.6 is 0 Å². The normalized spacial score (nSPS) is 11.2. The van der Waals surface area contributed by atoms with E-state index in [-0.39, 0.29) is 11.8 Å². The van der Waals surface area contributed by atoms with Crippen LogP contribution in [-0.2, 0) is 4.79 Å². The molecular formula is C25H26N2O5. The Morgan fingerprint density at radius 3 is 2.06 bits per heavy atom. The Hall–Kier alpha value is -4.00. The summed E-state index contributed by atoms with van der Waals surface area (Å²) in [6.07, 6.45) is -0.823. The first kappa shape index (κ1) is 22.7. The van der Waals surface area contributed by atoms with Crippen molar-refractivity contribution >= 4 is 23.2 Å². The first-order chi connectivity index (χ1) is 15.5. The van der Waals surface area contributed by atoms with Gasteiger partial charge in [-0.1, -0.05) is 12.1 Å². The van der Waals surface area contributed by atoms with Crippen molar-refractivity contribution in [1.82, 2.24) is 0 Å². The summed E-state index contributed by atoms with van der Waals surface area (Å²) in [6.45, 7) is 4.11. The summed E-state index contributed by atoms with van der Waals surface area (Å²) in [5, 5.41) is 5.62. The highest BCUT2D eigenvalue weighted by molar-refractivity contribution is 6.06. The maximum Gasteiger partial charge on any atom is 0.265 e. The fraction of sp³-hybridized carbons (Fsp3) is 0.200. The molecule has 7 nitrogen and oxygen atoms in total. The summed E-state index contributed by atoms with van der Waals surface area (Å²) in [6, 6.07) is 20.9. The Morgan fingerprint density at radius 2 is 1.44 bits per heavy atom. The maximum atomic E-state index is 12.8. The Kier molecular flexibility index (Phi) is 7.70. The molecule has 0 aliphatic carbocycles. The van der Waals surface area contributed by atoms with Crippen LogP contribution in [-0.4, -0.2) is 31.6 Å². The number of anilines is 2. The van der Waals surface area contributed by atoms with Gasteiger partial charge in [0.2, 0.25) is 0 Å². The second-order valence-corrected chi connectivity index (χ2v) is 6.89. The highest BCUT2D eigenvalue weighted by atomic mass is 16.5. The van der Waals surface area contributed by atoms with Crippen LogP contribution in [0.2, 0.25) is 0 Å². The number of hydrogen-bond donors (Lipinski definition) is 2. The number of ether oxygens (including phenoxy) is 3. The molecular weight excluding hydrogens is 408 g/mol. The number of carbonyl (C=O) groups excluding carboxylic acids is 2. The highest BCUT2D eigenvalue weighted by Gasteiger charge is 2.19. The Bertz CT molecular complexity index is 1050. The SMILES string of the molecule is CCOc1ccc(NC(=O)[C@@H](C)Oc2ccccc2C(=O)Nc2ccc(OC)cc2)cc1. The summed E-state index contributed by atoms with van der Waals surface area (Å²) in [5.41, 5.74) is 1.57. The molecule has 166 valence electrons. The number of para-hydroxylation sites is 1. The number of nitrogens with one attached hydrogen (secondary N) is 2. The minimum Gasteiger partial charge on any atom is -0.497 e. The summed E-state index contributed by atoms with van der Waals surface area (Å²) in [7, 11) is 1.58. The van der Waals surface area contributed by atoms with E-state index in [9.17, 15) is 9.59 Å². The number of methoxy groups -OCH3 is 1. The summed E-state index contributed by atoms with van der Waals surface area (Å²) < 4.78 is 16.3. The molecule has 3 aromatic carbocycles. The van der Waals surface area contributed by atoms with Gasteiger partial charge in [0.15, 0.2) is 6.10 Å². The molecule has 2 amide bonds. The quantitative estimate of drug-likeness (QED) is 0.508. The molecule has 0 fully saturated rings. The van der Waals surface area contributed by atoms with Crippen molar-refractivity contribution < 1.29 is 23.8 Å². The lowest BCUT2D eigenvalue weighted by molar-refractivity contribution is -0.122. The third-order valence-corrected chi connectivity index (χ3v) is 4.59. The molecule has 0 aliphatic heterocycles. The number of benzene rings is 3. The van der Waals surface area contributed by atoms with Crippen LogP contribution in [0.5, 0.6) is 17.2 Å². The van der Waals surface area contributed by atoms with Gasteiger partial charge in [0.1, 0.15) is 17.2 Å². The molecule has 0 heterocycles. The zero-order chi connectivity index (χ0) is 22.9. The molecule has 0 bridgehead atoms. The zero-order valence-corrected chi connectivity index (χ0v) is 18.3. The van der Waals surface area contributed by atoms with Gasteiger partial charge in [-0.3, -0.25) is 9.59 Å². The lowest BCUT2D eigenvalue weighted by Crippen LogP contribution is -2.30. The number of hydrogen-bond acceptors (Lipinski definition) is 5. The van der Waals surface area contributed by atoms with Crippen molar-refractivity contribution in [2.24, 2.45) is 0 Å². The van der Waals surface area contributed by atoms with E-state index in [2.05, 4.69) is 10.6 Å². The van der Waals surface area contributed by atoms with E-state index in [0.29, 0.717) is 35.0 Å². The van der Waals surface area contributed by atoms with Gasteiger partial charge in [0.25, 0.3) is 11.8 Å². The van der Waals surface area contributed by atoms with Crippen molar-refractivity contribution in [2.45, 2.75) is 20.0 Å². The van der Waals surface area contributed by atoms with Gasteiger partial charge >= 0.3 is 0 Å². The second-order valence-electron chi connectivity index (χ2n) is 6.89. The average molecular weight is 434 g/mol. The average Bonchev–Trinajstić information content (AvgIpc) is 2.81. The number of amides is 2. The van der Waals surface area contributed by atoms with E-state index in [0.717, 1.165) is 5.75 Å². The zero-order valence-electron chi connectivity index (χ0n) is 18.3. The molecule has 3 aromatic rings. The van der Waals surface area contributed by atoms with Crippen LogP contribution in [0.3, 0.4) is 0 Å². The number of carbonyl (C=O) groups is 2. The van der Waals surface area contributed by atoms with Crippen molar-refractivity contribution in [3.8, 4) is 17.2 Å². The van der Waals surface area contributed by atoms with Crippen molar-refractivity contribution in [2.75, 3.05) is 24.4 Å². The van der Waals surface area contributed by atoms with E-state index in [1.165, 1.54) is 0 Å². The fourth-order valence-electron chi connectivity index (χ4n) is 2.92. The minimum absolute atomic E-state index is 0.313. The minimum atomic E-state index is -0.823. The molecule has 3 rings (SSSR count). The molecule has 1 atom stereocenters. The molecule has 32 heavy (non-hydrogen) atoms. The Morgan fingerprint density at radius 1 is 0.844 bits per heavy atom. The van der Waals surface area contributed by atoms with Crippen molar-refractivity contribution in [3.63, 3.8) is 0 Å². The van der Waals surface area contributed by atoms with Crippen molar-refractivity contribution in [1.29, 1.82) is 0 Å². The van der Waals surface area contributed by atoms with Crippen LogP contribution < -0.4 is 24.8 Å². The Labute approximate surface area is 187 Å². The summed E-state index contributed by atoms with van der Waals surface area (Å²) in [5.74, 6) is 1.06. The molecule has 2 N–H and O–H groups in total. The van der Waals surface area contributed by atoms with Gasteiger partial charge in [-0.2, -0.15) is 0 Å². The van der Waals surface area contributed by atoms with E-state index < -0.39 is 6.10 Å². The predicted molar refractivity (Wildman–Crippen MR) is 124 cm³/mol. The molecule has 7 heteroatoms. The third-order valence-electron chi connectivity index (χ3n) is 4.59. The van der Waals surface area contributed by atoms with Crippen LogP contribution in [0, 0.1) is 0 Å². The topological polar surface area (TPSA) is 85.9 Å². The molecule has 0 aliphatic rings. The molecule has 0 radical (unpaired) electrons. The molecule has 0 unspecified atom stereocenters. The standard InChI is InChI=1S/C25H26N2O5/c1-4-31-21-15-11-18(12-16-21)26-24(28)17(2)32-23-8-6-5-7-22(23)25(29)27-19-9-13-20(30-3)14-10-19/h5-17H,4H2,1-3H3,(H,26,28)(H,27,29)/t17-/m1/s1. The van der Waals surface area contributed by atoms with E-state index >= 15 is 0 Å². The molecule has 0 saturated carbocycles. The largest absolute Gasteiger partial charge is 0.497 e. The van der Waals surface area contributed by atoms with Crippen LogP contribution in [0.15, 0.2) is 72.8 Å². The van der Waals surface area contributed by atoms with Gasteiger partial charge in [-0.15, -0.1) is 0 Å². The van der Waals surface area contributed by atoms with E-state index in [4.69, 9.17) is 14.2 Å². The molecule has 0 saturated heterocycles. The fourth-order valence-corrected chi connectivity index (χ4v) is 2.92. The first-order valence-corrected chi connectivity index (χ1v) is 10.2. The van der Waals surface area contributed by atoms with Gasteiger partial charge in [-0.05, 0) is 74.5 Å². The van der Waals surface area contributed by atoms with Crippen LogP contribution in [0.1, 0.15) is 24.2 Å². The lowest BCUT2D eigenvalue weighted by atomic mass is 10.1. The van der Waals surface area contributed by atoms with E-state index in [1.54, 1.807) is 86.8 Å². The second kappa shape index (κ2) is 10.9. The monoisotopic (exact) mass is 434 g/mol.